The predicted octanol–water partition coefficient (Wildman–Crippen LogP) is 0.909. The maximum absolute atomic E-state index is 9.05. The lowest BCUT2D eigenvalue weighted by atomic mass is 10.2. The fraction of sp³-hybridized carbons (Fsp3) is 1.00. The van der Waals surface area contributed by atoms with Crippen LogP contribution < -0.4 is 0 Å². The SMILES string of the molecule is C[C@H](O)C[C@@H]1COC(C)(C)O1. The van der Waals surface area contributed by atoms with Crippen LogP contribution in [0.4, 0.5) is 0 Å². The second-order valence-electron chi connectivity index (χ2n) is 3.54. The zero-order valence-electron chi connectivity index (χ0n) is 7.33. The molecule has 0 aromatic carbocycles. The van der Waals surface area contributed by atoms with Crippen molar-refractivity contribution in [2.75, 3.05) is 6.61 Å². The first-order valence-corrected chi connectivity index (χ1v) is 3.99. The highest BCUT2D eigenvalue weighted by Crippen LogP contribution is 2.24. The number of hydrogen-bond acceptors (Lipinski definition) is 3. The zero-order valence-corrected chi connectivity index (χ0v) is 7.33. The summed E-state index contributed by atoms with van der Waals surface area (Å²) in [5.74, 6) is -0.459. The van der Waals surface area contributed by atoms with E-state index in [-0.39, 0.29) is 12.2 Å². The van der Waals surface area contributed by atoms with Crippen molar-refractivity contribution in [1.29, 1.82) is 0 Å². The molecular formula is C8H16O3. The van der Waals surface area contributed by atoms with E-state index in [4.69, 9.17) is 14.6 Å². The second-order valence-corrected chi connectivity index (χ2v) is 3.54. The van der Waals surface area contributed by atoms with Crippen molar-refractivity contribution in [1.82, 2.24) is 0 Å². The molecule has 3 heteroatoms. The van der Waals surface area contributed by atoms with Crippen LogP contribution in [0.2, 0.25) is 0 Å². The van der Waals surface area contributed by atoms with Crippen LogP contribution in [-0.4, -0.2) is 29.7 Å². The lowest BCUT2D eigenvalue weighted by Crippen LogP contribution is -2.23. The standard InChI is InChI=1S/C8H16O3/c1-6(9)4-7-5-10-8(2,3)11-7/h6-7,9H,4-5H2,1-3H3/t6-,7+/m0/s1. The molecule has 0 saturated carbocycles. The number of hydrogen-bond donors (Lipinski definition) is 1. The number of rotatable bonds is 2. The van der Waals surface area contributed by atoms with E-state index < -0.39 is 5.79 Å². The van der Waals surface area contributed by atoms with Gasteiger partial charge in [-0.15, -0.1) is 0 Å². The largest absolute Gasteiger partial charge is 0.393 e. The third-order valence-electron chi connectivity index (χ3n) is 1.67. The van der Waals surface area contributed by atoms with Crippen molar-refractivity contribution in [3.63, 3.8) is 0 Å². The van der Waals surface area contributed by atoms with Crippen LogP contribution in [-0.2, 0) is 9.47 Å². The van der Waals surface area contributed by atoms with Crippen molar-refractivity contribution in [3.05, 3.63) is 0 Å². The van der Waals surface area contributed by atoms with Crippen LogP contribution >= 0.6 is 0 Å². The topological polar surface area (TPSA) is 38.7 Å². The molecule has 11 heavy (non-hydrogen) atoms. The average molecular weight is 160 g/mol. The smallest absolute Gasteiger partial charge is 0.163 e. The van der Waals surface area contributed by atoms with Crippen molar-refractivity contribution in [2.24, 2.45) is 0 Å². The Labute approximate surface area is 67.3 Å². The van der Waals surface area contributed by atoms with Crippen LogP contribution in [0.3, 0.4) is 0 Å². The minimum atomic E-state index is -0.459. The van der Waals surface area contributed by atoms with Crippen LogP contribution in [0, 0.1) is 0 Å². The van der Waals surface area contributed by atoms with Crippen LogP contribution in [0.5, 0.6) is 0 Å². The van der Waals surface area contributed by atoms with Crippen molar-refractivity contribution in [2.45, 2.75) is 45.2 Å². The molecular weight excluding hydrogens is 144 g/mol. The van der Waals surface area contributed by atoms with E-state index in [2.05, 4.69) is 0 Å². The normalized spacial score (nSPS) is 32.2. The van der Waals surface area contributed by atoms with Gasteiger partial charge in [0.1, 0.15) is 0 Å². The van der Waals surface area contributed by atoms with E-state index in [1.54, 1.807) is 6.92 Å². The molecule has 0 unspecified atom stereocenters. The lowest BCUT2D eigenvalue weighted by molar-refractivity contribution is -0.141. The summed E-state index contributed by atoms with van der Waals surface area (Å²) in [7, 11) is 0. The highest BCUT2D eigenvalue weighted by molar-refractivity contribution is 4.72. The average Bonchev–Trinajstić information content (AvgIpc) is 2.08. The highest BCUT2D eigenvalue weighted by atomic mass is 16.7. The summed E-state index contributed by atoms with van der Waals surface area (Å²) in [5, 5.41) is 9.05. The Balaban J connectivity index is 2.31. The Morgan fingerprint density at radius 1 is 1.64 bits per heavy atom. The summed E-state index contributed by atoms with van der Waals surface area (Å²) in [6, 6.07) is 0. The summed E-state index contributed by atoms with van der Waals surface area (Å²) in [6.45, 7) is 6.12. The minimum Gasteiger partial charge on any atom is -0.393 e. The van der Waals surface area contributed by atoms with Crippen LogP contribution in [0.15, 0.2) is 0 Å². The van der Waals surface area contributed by atoms with E-state index in [0.29, 0.717) is 13.0 Å². The first kappa shape index (κ1) is 8.97. The van der Waals surface area contributed by atoms with Gasteiger partial charge in [0.15, 0.2) is 5.79 Å². The van der Waals surface area contributed by atoms with Gasteiger partial charge in [-0.2, -0.15) is 0 Å². The van der Waals surface area contributed by atoms with Crippen LogP contribution in [0.25, 0.3) is 0 Å². The molecule has 2 atom stereocenters. The van der Waals surface area contributed by atoms with Gasteiger partial charge >= 0.3 is 0 Å². The Morgan fingerprint density at radius 3 is 2.64 bits per heavy atom. The first-order valence-electron chi connectivity index (χ1n) is 3.99. The van der Waals surface area contributed by atoms with Gasteiger partial charge in [0.2, 0.25) is 0 Å². The third kappa shape index (κ3) is 2.77. The Morgan fingerprint density at radius 2 is 2.27 bits per heavy atom. The number of aliphatic hydroxyl groups excluding tert-OH is 1. The van der Waals surface area contributed by atoms with Gasteiger partial charge in [-0.1, -0.05) is 0 Å². The molecule has 0 aliphatic carbocycles. The molecule has 1 saturated heterocycles. The second kappa shape index (κ2) is 3.09. The summed E-state index contributed by atoms with van der Waals surface area (Å²) < 4.78 is 10.8. The lowest BCUT2D eigenvalue weighted by Gasteiger charge is -2.17. The molecule has 1 fully saturated rings. The van der Waals surface area contributed by atoms with Gasteiger partial charge in [0.05, 0.1) is 18.8 Å². The predicted molar refractivity (Wildman–Crippen MR) is 41.2 cm³/mol. The molecule has 0 amide bonds. The molecule has 66 valence electrons. The van der Waals surface area contributed by atoms with Gasteiger partial charge in [-0.3, -0.25) is 0 Å². The van der Waals surface area contributed by atoms with Gasteiger partial charge in [-0.25, -0.2) is 0 Å². The molecule has 1 aliphatic heterocycles. The Kier molecular flexibility index (Phi) is 2.52. The van der Waals surface area contributed by atoms with E-state index in [9.17, 15) is 0 Å². The van der Waals surface area contributed by atoms with Crippen molar-refractivity contribution in [3.8, 4) is 0 Å². The minimum absolute atomic E-state index is 0.0602. The molecule has 1 aliphatic rings. The summed E-state index contributed by atoms with van der Waals surface area (Å²) in [6.07, 6.45) is 0.408. The summed E-state index contributed by atoms with van der Waals surface area (Å²) in [5.41, 5.74) is 0. The van der Waals surface area contributed by atoms with E-state index in [0.717, 1.165) is 0 Å². The molecule has 0 aromatic heterocycles. The summed E-state index contributed by atoms with van der Waals surface area (Å²) >= 11 is 0. The molecule has 0 bridgehead atoms. The van der Waals surface area contributed by atoms with Crippen LogP contribution in [0.1, 0.15) is 27.2 Å². The van der Waals surface area contributed by atoms with Crippen molar-refractivity contribution >= 4 is 0 Å². The molecule has 0 spiro atoms. The molecule has 1 N–H and O–H groups in total. The van der Waals surface area contributed by atoms with Gasteiger partial charge < -0.3 is 14.6 Å². The molecule has 1 heterocycles. The molecule has 1 rings (SSSR count). The zero-order chi connectivity index (χ0) is 8.48. The molecule has 0 aromatic rings. The van der Waals surface area contributed by atoms with E-state index >= 15 is 0 Å². The fourth-order valence-corrected chi connectivity index (χ4v) is 1.26. The quantitative estimate of drug-likeness (QED) is 0.652. The fourth-order valence-electron chi connectivity index (χ4n) is 1.26. The van der Waals surface area contributed by atoms with Gasteiger partial charge in [0, 0.05) is 6.42 Å². The van der Waals surface area contributed by atoms with E-state index in [1.807, 2.05) is 13.8 Å². The highest BCUT2D eigenvalue weighted by Gasteiger charge is 2.32. The monoisotopic (exact) mass is 160 g/mol. The third-order valence-corrected chi connectivity index (χ3v) is 1.67. The maximum Gasteiger partial charge on any atom is 0.163 e. The molecule has 0 radical (unpaired) electrons. The summed E-state index contributed by atoms with van der Waals surface area (Å²) in [4.78, 5) is 0. The Hall–Kier alpha value is -0.120. The van der Waals surface area contributed by atoms with E-state index in [1.165, 1.54) is 0 Å². The van der Waals surface area contributed by atoms with Gasteiger partial charge in [-0.05, 0) is 20.8 Å². The first-order chi connectivity index (χ1) is 4.99. The Bertz CT molecular complexity index is 131. The maximum atomic E-state index is 9.05. The number of ether oxygens (including phenoxy) is 2. The van der Waals surface area contributed by atoms with Crippen molar-refractivity contribution < 1.29 is 14.6 Å². The van der Waals surface area contributed by atoms with Gasteiger partial charge in [0.25, 0.3) is 0 Å². The number of aliphatic hydroxyl groups is 1. The molecule has 3 nitrogen and oxygen atoms in total.